The zero-order valence-corrected chi connectivity index (χ0v) is 12.1. The molecule has 0 aromatic heterocycles. The fraction of sp³-hybridized carbons (Fsp3) is 0.625. The molecule has 0 amide bonds. The lowest BCUT2D eigenvalue weighted by molar-refractivity contribution is 0.0794. The Morgan fingerprint density at radius 2 is 1.90 bits per heavy atom. The number of β-amino-alcohol motifs (C(OH)–C–C–N with tert-alkyl or cyclic N) is 1. The monoisotopic (exact) mass is 283 g/mol. The fourth-order valence-corrected chi connectivity index (χ4v) is 2.92. The van der Waals surface area contributed by atoms with Crippen LogP contribution >= 0.6 is 0 Å². The summed E-state index contributed by atoms with van der Waals surface area (Å²) in [5.74, 6) is -0.422. The van der Waals surface area contributed by atoms with E-state index in [0.29, 0.717) is 12.5 Å². The van der Waals surface area contributed by atoms with Crippen LogP contribution in [-0.4, -0.2) is 29.6 Å². The summed E-state index contributed by atoms with van der Waals surface area (Å²) in [7, 11) is 0. The third-order valence-corrected chi connectivity index (χ3v) is 4.35. The van der Waals surface area contributed by atoms with Gasteiger partial charge in [0.25, 0.3) is 0 Å². The summed E-state index contributed by atoms with van der Waals surface area (Å²) in [5, 5.41) is 10.1. The number of rotatable bonds is 4. The second-order valence-electron chi connectivity index (χ2n) is 6.04. The smallest absolute Gasteiger partial charge is 0.164 e. The van der Waals surface area contributed by atoms with Crippen LogP contribution in [0.5, 0.6) is 0 Å². The fourth-order valence-electron chi connectivity index (χ4n) is 2.92. The van der Waals surface area contributed by atoms with E-state index in [2.05, 4.69) is 18.7 Å². The minimum Gasteiger partial charge on any atom is -0.387 e. The van der Waals surface area contributed by atoms with E-state index in [-0.39, 0.29) is 5.56 Å². The topological polar surface area (TPSA) is 23.5 Å². The van der Waals surface area contributed by atoms with Crippen LogP contribution in [0, 0.1) is 23.5 Å². The van der Waals surface area contributed by atoms with Gasteiger partial charge >= 0.3 is 0 Å². The van der Waals surface area contributed by atoms with Gasteiger partial charge in [0.15, 0.2) is 11.6 Å². The molecule has 1 aliphatic heterocycles. The molecular weight excluding hydrogens is 260 g/mol. The van der Waals surface area contributed by atoms with Gasteiger partial charge in [-0.05, 0) is 43.8 Å². The molecule has 0 spiro atoms. The molecule has 0 aliphatic carbocycles. The van der Waals surface area contributed by atoms with E-state index in [0.717, 1.165) is 37.9 Å². The highest BCUT2D eigenvalue weighted by molar-refractivity contribution is 5.21. The molecule has 1 fully saturated rings. The molecule has 4 heteroatoms. The number of hydrogen-bond acceptors (Lipinski definition) is 2. The van der Waals surface area contributed by atoms with E-state index in [4.69, 9.17) is 0 Å². The lowest BCUT2D eigenvalue weighted by Crippen LogP contribution is -2.37. The Balaban J connectivity index is 1.92. The third kappa shape index (κ3) is 3.55. The molecule has 1 atom stereocenters. The second-order valence-corrected chi connectivity index (χ2v) is 6.04. The molecule has 1 N–H and O–H groups in total. The van der Waals surface area contributed by atoms with Crippen LogP contribution in [0.15, 0.2) is 18.2 Å². The van der Waals surface area contributed by atoms with E-state index in [1.807, 2.05) is 0 Å². The van der Waals surface area contributed by atoms with Crippen LogP contribution in [0.3, 0.4) is 0 Å². The second kappa shape index (κ2) is 6.64. The standard InChI is InChI=1S/C16H23F2NO/c1-11(2)12-6-8-19(9-7-12)10-15(20)13-4-3-5-14(17)16(13)18/h3-5,11-12,15,20H,6-10H2,1-2H3. The number of piperidine rings is 1. The van der Waals surface area contributed by atoms with Crippen LogP contribution < -0.4 is 0 Å². The van der Waals surface area contributed by atoms with Crippen molar-refractivity contribution in [1.82, 2.24) is 4.90 Å². The summed E-state index contributed by atoms with van der Waals surface area (Å²) >= 11 is 0. The van der Waals surface area contributed by atoms with Gasteiger partial charge in [0, 0.05) is 12.1 Å². The lowest BCUT2D eigenvalue weighted by Gasteiger charge is -2.34. The van der Waals surface area contributed by atoms with E-state index in [9.17, 15) is 13.9 Å². The summed E-state index contributed by atoms with van der Waals surface area (Å²) in [6.07, 6.45) is 1.24. The van der Waals surface area contributed by atoms with Crippen LogP contribution in [0.1, 0.15) is 38.4 Å². The molecule has 0 bridgehead atoms. The van der Waals surface area contributed by atoms with Gasteiger partial charge in [-0.25, -0.2) is 8.78 Å². The molecule has 1 unspecified atom stereocenters. The van der Waals surface area contributed by atoms with E-state index in [1.54, 1.807) is 0 Å². The van der Waals surface area contributed by atoms with Gasteiger partial charge in [-0.2, -0.15) is 0 Å². The Kier molecular flexibility index (Phi) is 5.11. The molecule has 1 aliphatic rings. The number of halogens is 2. The first-order chi connectivity index (χ1) is 9.49. The lowest BCUT2D eigenvalue weighted by atomic mass is 9.86. The molecule has 2 nitrogen and oxygen atoms in total. The van der Waals surface area contributed by atoms with E-state index >= 15 is 0 Å². The molecular formula is C16H23F2NO. The average Bonchev–Trinajstić information content (AvgIpc) is 2.42. The number of hydrogen-bond donors (Lipinski definition) is 1. The van der Waals surface area contributed by atoms with Gasteiger partial charge in [0.2, 0.25) is 0 Å². The van der Waals surface area contributed by atoms with Crippen molar-refractivity contribution < 1.29 is 13.9 Å². The van der Waals surface area contributed by atoms with Gasteiger partial charge in [-0.15, -0.1) is 0 Å². The van der Waals surface area contributed by atoms with Crippen LogP contribution in [0.25, 0.3) is 0 Å². The Labute approximate surface area is 119 Å². The van der Waals surface area contributed by atoms with Gasteiger partial charge in [0.1, 0.15) is 0 Å². The number of benzene rings is 1. The predicted octanol–water partition coefficient (Wildman–Crippen LogP) is 3.37. The van der Waals surface area contributed by atoms with Crippen molar-refractivity contribution in [2.24, 2.45) is 11.8 Å². The van der Waals surface area contributed by atoms with Crippen molar-refractivity contribution in [1.29, 1.82) is 0 Å². The van der Waals surface area contributed by atoms with Gasteiger partial charge < -0.3 is 10.0 Å². The van der Waals surface area contributed by atoms with Crippen LogP contribution in [0.2, 0.25) is 0 Å². The highest BCUT2D eigenvalue weighted by Gasteiger charge is 2.24. The van der Waals surface area contributed by atoms with Crippen molar-refractivity contribution in [3.05, 3.63) is 35.4 Å². The molecule has 1 aromatic carbocycles. The first-order valence-electron chi connectivity index (χ1n) is 7.33. The van der Waals surface area contributed by atoms with Gasteiger partial charge in [-0.1, -0.05) is 26.0 Å². The minimum absolute atomic E-state index is 0.0518. The number of aliphatic hydroxyl groups is 1. The first kappa shape index (κ1) is 15.4. The number of nitrogens with zero attached hydrogens (tertiary/aromatic N) is 1. The maximum absolute atomic E-state index is 13.6. The maximum atomic E-state index is 13.6. The molecule has 0 saturated carbocycles. The van der Waals surface area contributed by atoms with Crippen molar-refractivity contribution in [2.75, 3.05) is 19.6 Å². The highest BCUT2D eigenvalue weighted by Crippen LogP contribution is 2.26. The Bertz CT molecular complexity index is 442. The molecule has 1 saturated heterocycles. The van der Waals surface area contributed by atoms with Gasteiger partial charge in [-0.3, -0.25) is 0 Å². The Morgan fingerprint density at radius 3 is 2.50 bits per heavy atom. The number of aliphatic hydroxyl groups excluding tert-OH is 1. The maximum Gasteiger partial charge on any atom is 0.164 e. The summed E-state index contributed by atoms with van der Waals surface area (Å²) in [4.78, 5) is 2.13. The Hall–Kier alpha value is -1.00. The number of likely N-dealkylation sites (tertiary alicyclic amines) is 1. The van der Waals surface area contributed by atoms with Crippen molar-refractivity contribution in [3.8, 4) is 0 Å². The van der Waals surface area contributed by atoms with Crippen molar-refractivity contribution in [3.63, 3.8) is 0 Å². The highest BCUT2D eigenvalue weighted by atomic mass is 19.2. The molecule has 20 heavy (non-hydrogen) atoms. The quantitative estimate of drug-likeness (QED) is 0.916. The minimum atomic E-state index is -0.971. The zero-order valence-electron chi connectivity index (χ0n) is 12.1. The zero-order chi connectivity index (χ0) is 14.7. The largest absolute Gasteiger partial charge is 0.387 e. The summed E-state index contributed by atoms with van der Waals surface area (Å²) < 4.78 is 26.8. The summed E-state index contributed by atoms with van der Waals surface area (Å²) in [5.41, 5.74) is 0.0518. The average molecular weight is 283 g/mol. The summed E-state index contributed by atoms with van der Waals surface area (Å²) in [6, 6.07) is 3.95. The van der Waals surface area contributed by atoms with Gasteiger partial charge in [0.05, 0.1) is 6.10 Å². The van der Waals surface area contributed by atoms with E-state index in [1.165, 1.54) is 12.1 Å². The van der Waals surface area contributed by atoms with Crippen LogP contribution in [-0.2, 0) is 0 Å². The molecule has 0 radical (unpaired) electrons. The Morgan fingerprint density at radius 1 is 1.25 bits per heavy atom. The van der Waals surface area contributed by atoms with Crippen molar-refractivity contribution in [2.45, 2.75) is 32.8 Å². The normalized spacial score (nSPS) is 19.5. The third-order valence-electron chi connectivity index (χ3n) is 4.35. The van der Waals surface area contributed by atoms with E-state index < -0.39 is 17.7 Å². The molecule has 2 rings (SSSR count). The van der Waals surface area contributed by atoms with Crippen molar-refractivity contribution >= 4 is 0 Å². The first-order valence-corrected chi connectivity index (χ1v) is 7.33. The summed E-state index contributed by atoms with van der Waals surface area (Å²) in [6.45, 7) is 6.66. The molecule has 1 aromatic rings. The predicted molar refractivity (Wildman–Crippen MR) is 75.3 cm³/mol. The molecule has 112 valence electrons. The van der Waals surface area contributed by atoms with Crippen LogP contribution in [0.4, 0.5) is 8.78 Å². The molecule has 1 heterocycles. The SMILES string of the molecule is CC(C)C1CCN(CC(O)c2cccc(F)c2F)CC1.